The van der Waals surface area contributed by atoms with Gasteiger partial charge < -0.3 is 75.9 Å². The van der Waals surface area contributed by atoms with Gasteiger partial charge >= 0.3 is 0 Å². The number of primary amides is 3. The molecular weight excluding hydrogens is 951 g/mol. The monoisotopic (exact) mass is 1020 g/mol. The van der Waals surface area contributed by atoms with Gasteiger partial charge in [0.15, 0.2) is 0 Å². The van der Waals surface area contributed by atoms with E-state index < -0.39 is 157 Å². The van der Waals surface area contributed by atoms with Gasteiger partial charge in [0.1, 0.15) is 54.1 Å². The Bertz CT molecular complexity index is 2080. The molecule has 0 aromatic heterocycles. The molecule has 1 rings (SSSR count). The van der Waals surface area contributed by atoms with Gasteiger partial charge in [-0.25, -0.2) is 0 Å². The first kappa shape index (κ1) is 62.0. The maximum Gasteiger partial charge on any atom is 0.244 e. The van der Waals surface area contributed by atoms with E-state index in [1.807, 2.05) is 0 Å². The second-order valence-corrected chi connectivity index (χ2v) is 17.8. The number of benzene rings is 1. The summed E-state index contributed by atoms with van der Waals surface area (Å²) in [6.45, 7) is 10.4. The van der Waals surface area contributed by atoms with Gasteiger partial charge in [0.05, 0.1) is 19.0 Å². The summed E-state index contributed by atoms with van der Waals surface area (Å²) in [7, 11) is 0. The van der Waals surface area contributed by atoms with E-state index in [9.17, 15) is 62.6 Å². The van der Waals surface area contributed by atoms with Gasteiger partial charge in [0.2, 0.25) is 70.9 Å². The third kappa shape index (κ3) is 23.0. The van der Waals surface area contributed by atoms with Gasteiger partial charge in [0, 0.05) is 18.6 Å². The van der Waals surface area contributed by atoms with E-state index >= 15 is 0 Å². The molecule has 0 aliphatic carbocycles. The lowest BCUT2D eigenvalue weighted by atomic mass is 9.96. The minimum Gasteiger partial charge on any atom is -0.508 e. The highest BCUT2D eigenvalue weighted by Crippen LogP contribution is 2.14. The van der Waals surface area contributed by atoms with Crippen LogP contribution in [0.5, 0.6) is 5.75 Å². The summed E-state index contributed by atoms with van der Waals surface area (Å²) < 4.78 is 0. The Labute approximate surface area is 416 Å². The van der Waals surface area contributed by atoms with Crippen LogP contribution in [0, 0.1) is 11.8 Å². The summed E-state index contributed by atoms with van der Waals surface area (Å²) in [6, 6.07) is -6.38. The molecule has 27 heteroatoms. The van der Waals surface area contributed by atoms with Crippen LogP contribution < -0.4 is 70.8 Å². The molecule has 18 N–H and O–H groups in total. The number of hydrogen-bond acceptors (Lipinski definition) is 15. The Morgan fingerprint density at radius 3 is 1.51 bits per heavy atom. The lowest BCUT2D eigenvalue weighted by molar-refractivity contribution is -0.136. The van der Waals surface area contributed by atoms with E-state index in [0.29, 0.717) is 12.0 Å². The molecule has 396 valence electrons. The largest absolute Gasteiger partial charge is 0.508 e. The molecule has 10 atom stereocenters. The number of nitrogens with two attached hydrogens (primary N) is 4. The van der Waals surface area contributed by atoms with Crippen LogP contribution in [-0.4, -0.2) is 143 Å². The van der Waals surface area contributed by atoms with Gasteiger partial charge in [-0.05, 0) is 63.1 Å². The van der Waals surface area contributed by atoms with Crippen molar-refractivity contribution in [1.82, 2.24) is 47.9 Å². The summed E-state index contributed by atoms with van der Waals surface area (Å²) in [4.78, 5) is 155. The molecule has 12 amide bonds. The zero-order chi connectivity index (χ0) is 54.3. The average molecular weight is 1020 g/mol. The van der Waals surface area contributed by atoms with Crippen LogP contribution in [-0.2, 0) is 64.0 Å². The number of aromatic hydroxyl groups is 1. The van der Waals surface area contributed by atoms with Crippen molar-refractivity contribution >= 4 is 83.5 Å². The second-order valence-electron chi connectivity index (χ2n) is 17.5. The fourth-order valence-electron chi connectivity index (χ4n) is 6.38. The van der Waals surface area contributed by atoms with Crippen molar-refractivity contribution in [3.8, 4) is 5.75 Å². The predicted octanol–water partition coefficient (Wildman–Crippen LogP) is -5.04. The Hall–Kier alpha value is -7.03. The lowest BCUT2D eigenvalue weighted by Gasteiger charge is -2.29. The van der Waals surface area contributed by atoms with Gasteiger partial charge in [0.25, 0.3) is 0 Å². The molecule has 1 aromatic carbocycles. The Kier molecular flexibility index (Phi) is 26.7. The topological polar surface area (TPSA) is 437 Å². The lowest BCUT2D eigenvalue weighted by Crippen LogP contribution is -2.61. The smallest absolute Gasteiger partial charge is 0.244 e. The number of thiol groups is 1. The SMILES string of the molecule is CC[C@H](C)[C@H](NC(=O)[C@H](Cc1ccc(O)cc1)NC(=O)[C@H](C)N)C(=O)N[C@@H](CCC(N)=O)C(=O)N[C@@H](CC(N)=O)C(=O)N[C@@H](C)C(=O)N[C@@H](CS)C(=O)N[C@@H](C)C(=O)N[C@@H](CC(C)C)C(=O)NCC(N)=O. The zero-order valence-electron chi connectivity index (χ0n) is 40.9. The quantitative estimate of drug-likeness (QED) is 0.0310. The van der Waals surface area contributed by atoms with Crippen LogP contribution >= 0.6 is 12.6 Å². The van der Waals surface area contributed by atoms with Crippen molar-refractivity contribution in [2.75, 3.05) is 12.3 Å². The molecule has 0 aliphatic heterocycles. The molecule has 0 unspecified atom stereocenters. The molecule has 0 heterocycles. The number of nitrogens with one attached hydrogen (secondary N) is 9. The predicted molar refractivity (Wildman–Crippen MR) is 259 cm³/mol. The Morgan fingerprint density at radius 2 is 1.03 bits per heavy atom. The fourth-order valence-corrected chi connectivity index (χ4v) is 6.64. The van der Waals surface area contributed by atoms with Crippen molar-refractivity contribution < 1.29 is 62.6 Å². The van der Waals surface area contributed by atoms with E-state index in [1.165, 1.54) is 45.0 Å². The number of amides is 12. The molecule has 0 saturated heterocycles. The van der Waals surface area contributed by atoms with Gasteiger partial charge in [-0.15, -0.1) is 0 Å². The summed E-state index contributed by atoms with van der Waals surface area (Å²) >= 11 is 4.12. The van der Waals surface area contributed by atoms with Crippen LogP contribution in [0.1, 0.15) is 86.1 Å². The van der Waals surface area contributed by atoms with Gasteiger partial charge in [-0.1, -0.05) is 46.2 Å². The Morgan fingerprint density at radius 1 is 0.549 bits per heavy atom. The number of phenolic OH excluding ortho intramolecular Hbond substituents is 1. The summed E-state index contributed by atoms with van der Waals surface area (Å²) in [5.74, 6) is -11.7. The van der Waals surface area contributed by atoms with Crippen molar-refractivity contribution in [2.24, 2.45) is 34.8 Å². The summed E-state index contributed by atoms with van der Waals surface area (Å²) in [5.41, 5.74) is 22.1. The fraction of sp³-hybridized carbons (Fsp3) is 0.591. The maximum absolute atomic E-state index is 14.0. The van der Waals surface area contributed by atoms with Crippen LogP contribution in [0.25, 0.3) is 0 Å². The minimum atomic E-state index is -1.77. The molecule has 1 aromatic rings. The van der Waals surface area contributed by atoms with E-state index in [0.717, 1.165) is 0 Å². The van der Waals surface area contributed by atoms with E-state index in [1.54, 1.807) is 27.7 Å². The highest BCUT2D eigenvalue weighted by molar-refractivity contribution is 7.80. The molecule has 26 nitrogen and oxygen atoms in total. The van der Waals surface area contributed by atoms with Crippen LogP contribution in [0.15, 0.2) is 24.3 Å². The van der Waals surface area contributed by atoms with Crippen molar-refractivity contribution in [3.05, 3.63) is 29.8 Å². The highest BCUT2D eigenvalue weighted by atomic mass is 32.1. The van der Waals surface area contributed by atoms with Gasteiger partial charge in [-0.3, -0.25) is 57.5 Å². The van der Waals surface area contributed by atoms with Crippen LogP contribution in [0.4, 0.5) is 0 Å². The first-order valence-corrected chi connectivity index (χ1v) is 23.4. The van der Waals surface area contributed by atoms with Gasteiger partial charge in [-0.2, -0.15) is 12.6 Å². The molecular formula is C44H71N13O13S. The third-order valence-electron chi connectivity index (χ3n) is 10.7. The van der Waals surface area contributed by atoms with Crippen LogP contribution in [0.3, 0.4) is 0 Å². The number of rotatable bonds is 31. The molecule has 0 spiro atoms. The second kappa shape index (κ2) is 30.5. The molecule has 0 radical (unpaired) electrons. The number of carbonyl (C=O) groups is 12. The highest BCUT2D eigenvalue weighted by Gasteiger charge is 2.35. The standard InChI is InChI=1S/C44H71N13O13S/c1-8-21(4)35(57-42(68)29(53-36(62)22(5)45)16-25-9-11-26(58)12-10-25)44(70)52-27(13-14-32(46)59)40(66)55-30(17-33(47)60)41(67)50-24(7)38(64)56-31(19-71)43(69)51-23(6)37(63)54-28(15-20(2)3)39(65)49-18-34(48)61/h9-12,20-24,27-31,35,58,71H,8,13-19,45H2,1-7H3,(H2,46,59)(H2,47,60)(H2,48,61)(H,49,65)(H,50,67)(H,51,69)(H,52,70)(H,53,62)(H,54,63)(H,55,66)(H,56,64)(H,57,68)/t21-,22-,23-,24-,27-,28-,29-,30-,31-,35-/m0/s1. The molecule has 71 heavy (non-hydrogen) atoms. The maximum atomic E-state index is 14.0. The molecule has 0 bridgehead atoms. The van der Waals surface area contributed by atoms with Crippen LogP contribution in [0.2, 0.25) is 0 Å². The summed E-state index contributed by atoms with van der Waals surface area (Å²) in [5, 5.41) is 31.5. The first-order chi connectivity index (χ1) is 33.1. The zero-order valence-corrected chi connectivity index (χ0v) is 41.8. The normalized spacial score (nSPS) is 15.2. The Balaban J connectivity index is 3.23. The molecule has 0 fully saturated rings. The van der Waals surface area contributed by atoms with E-state index in [4.69, 9.17) is 22.9 Å². The van der Waals surface area contributed by atoms with E-state index in [2.05, 4.69) is 60.5 Å². The molecule has 0 saturated carbocycles. The number of hydrogen-bond donors (Lipinski definition) is 15. The third-order valence-corrected chi connectivity index (χ3v) is 11.0. The van der Waals surface area contributed by atoms with Crippen molar-refractivity contribution in [2.45, 2.75) is 141 Å². The summed E-state index contributed by atoms with van der Waals surface area (Å²) in [6.07, 6.45) is -1.30. The van der Waals surface area contributed by atoms with Crippen molar-refractivity contribution in [1.29, 1.82) is 0 Å². The number of carbonyl (C=O) groups excluding carboxylic acids is 12. The number of phenols is 1. The average Bonchev–Trinajstić information content (AvgIpc) is 3.29. The molecule has 0 aliphatic rings. The first-order valence-electron chi connectivity index (χ1n) is 22.8. The van der Waals surface area contributed by atoms with E-state index in [-0.39, 0.29) is 30.3 Å². The van der Waals surface area contributed by atoms with Crippen molar-refractivity contribution in [3.63, 3.8) is 0 Å². The minimum absolute atomic E-state index is 0.0428.